The van der Waals surface area contributed by atoms with E-state index in [9.17, 15) is 5.11 Å². The monoisotopic (exact) mass is 254 g/mol. The predicted molar refractivity (Wildman–Crippen MR) is 80.0 cm³/mol. The third-order valence-electron chi connectivity index (χ3n) is 2.67. The Bertz CT molecular complexity index is 614. The van der Waals surface area contributed by atoms with Gasteiger partial charge in [0.1, 0.15) is 14.2 Å². The smallest absolute Gasteiger partial charge is 0.139 e. The Balaban J connectivity index is 2.33. The Morgan fingerprint density at radius 3 is 2.33 bits per heavy atom. The van der Waals surface area contributed by atoms with E-state index >= 15 is 0 Å². The number of hydrogen-bond acceptors (Lipinski definition) is 1. The standard InChI is InChI=1S/C16H18OSi/c1-18(2,3)11-10-16(17)15-9-8-13-6-4-5-7-14(13)12-15/h4-9,12,16-17H,1-3H3. The third kappa shape index (κ3) is 3.22. The Hall–Kier alpha value is -1.56. The molecule has 0 aliphatic rings. The van der Waals surface area contributed by atoms with Gasteiger partial charge in [0, 0.05) is 0 Å². The SMILES string of the molecule is C[Si](C)(C)C#CC(O)c1ccc2ccccc2c1. The highest BCUT2D eigenvalue weighted by Crippen LogP contribution is 2.20. The molecule has 1 nitrogen and oxygen atoms in total. The van der Waals surface area contributed by atoms with E-state index in [1.165, 1.54) is 5.39 Å². The number of aliphatic hydroxyl groups is 1. The normalized spacial score (nSPS) is 12.9. The quantitative estimate of drug-likeness (QED) is 0.607. The largest absolute Gasteiger partial charge is 0.376 e. The Morgan fingerprint density at radius 1 is 1.00 bits per heavy atom. The summed E-state index contributed by atoms with van der Waals surface area (Å²) in [6.45, 7) is 6.52. The van der Waals surface area contributed by atoms with Crippen LogP contribution in [0.2, 0.25) is 19.6 Å². The molecular formula is C16H18OSi. The summed E-state index contributed by atoms with van der Waals surface area (Å²) in [4.78, 5) is 0. The molecule has 92 valence electrons. The first-order valence-electron chi connectivity index (χ1n) is 6.15. The molecule has 0 bridgehead atoms. The zero-order chi connectivity index (χ0) is 13.2. The van der Waals surface area contributed by atoms with Crippen LogP contribution in [-0.4, -0.2) is 13.2 Å². The summed E-state index contributed by atoms with van der Waals surface area (Å²) in [6, 6.07) is 14.1. The molecule has 18 heavy (non-hydrogen) atoms. The minimum Gasteiger partial charge on any atom is -0.376 e. The zero-order valence-electron chi connectivity index (χ0n) is 11.1. The third-order valence-corrected chi connectivity index (χ3v) is 3.57. The van der Waals surface area contributed by atoms with Crippen molar-refractivity contribution in [3.8, 4) is 11.5 Å². The molecule has 2 rings (SSSR count). The van der Waals surface area contributed by atoms with Crippen molar-refractivity contribution in [2.24, 2.45) is 0 Å². The average Bonchev–Trinajstić information content (AvgIpc) is 2.34. The van der Waals surface area contributed by atoms with E-state index in [1.807, 2.05) is 30.3 Å². The fourth-order valence-electron chi connectivity index (χ4n) is 1.75. The van der Waals surface area contributed by atoms with Gasteiger partial charge in [-0.1, -0.05) is 62.0 Å². The molecule has 0 aliphatic heterocycles. The van der Waals surface area contributed by atoms with Crippen LogP contribution in [0.5, 0.6) is 0 Å². The summed E-state index contributed by atoms with van der Waals surface area (Å²) < 4.78 is 0. The predicted octanol–water partition coefficient (Wildman–Crippen LogP) is 3.75. The van der Waals surface area contributed by atoms with Gasteiger partial charge in [-0.2, -0.15) is 0 Å². The topological polar surface area (TPSA) is 20.2 Å². The highest BCUT2D eigenvalue weighted by molar-refractivity contribution is 6.83. The molecule has 2 aromatic carbocycles. The first-order chi connectivity index (χ1) is 8.46. The van der Waals surface area contributed by atoms with E-state index in [0.717, 1.165) is 10.9 Å². The Kier molecular flexibility index (Phi) is 3.56. The average molecular weight is 254 g/mol. The molecule has 1 N–H and O–H groups in total. The summed E-state index contributed by atoms with van der Waals surface area (Å²) in [6.07, 6.45) is -0.679. The molecule has 1 unspecified atom stereocenters. The van der Waals surface area contributed by atoms with Gasteiger partial charge >= 0.3 is 0 Å². The molecule has 0 saturated carbocycles. The lowest BCUT2D eigenvalue weighted by molar-refractivity contribution is 0.238. The van der Waals surface area contributed by atoms with Gasteiger partial charge in [-0.05, 0) is 22.4 Å². The summed E-state index contributed by atoms with van der Waals surface area (Å²) in [5.74, 6) is 2.97. The zero-order valence-corrected chi connectivity index (χ0v) is 12.1. The minimum absolute atomic E-state index is 0.679. The maximum atomic E-state index is 10.1. The van der Waals surface area contributed by atoms with Crippen LogP contribution in [0.25, 0.3) is 10.8 Å². The molecule has 0 fully saturated rings. The van der Waals surface area contributed by atoms with Crippen LogP contribution in [0.1, 0.15) is 11.7 Å². The van der Waals surface area contributed by atoms with Crippen molar-refractivity contribution in [1.82, 2.24) is 0 Å². The second kappa shape index (κ2) is 4.97. The van der Waals surface area contributed by atoms with Gasteiger partial charge in [-0.25, -0.2) is 0 Å². The molecule has 0 heterocycles. The number of rotatable bonds is 1. The number of hydrogen-bond donors (Lipinski definition) is 1. The lowest BCUT2D eigenvalue weighted by atomic mass is 10.0. The molecule has 0 spiro atoms. The molecule has 2 heteroatoms. The van der Waals surface area contributed by atoms with Gasteiger partial charge in [-0.15, -0.1) is 5.54 Å². The Labute approximate surface area is 109 Å². The summed E-state index contributed by atoms with van der Waals surface area (Å²) in [7, 11) is -1.43. The molecule has 1 atom stereocenters. The molecule has 0 aliphatic carbocycles. The summed E-state index contributed by atoms with van der Waals surface area (Å²) in [5.41, 5.74) is 4.08. The van der Waals surface area contributed by atoms with Gasteiger partial charge < -0.3 is 5.11 Å². The molecule has 0 aromatic heterocycles. The van der Waals surface area contributed by atoms with Crippen LogP contribution >= 0.6 is 0 Å². The first-order valence-corrected chi connectivity index (χ1v) is 9.65. The van der Waals surface area contributed by atoms with E-state index in [1.54, 1.807) is 0 Å². The Morgan fingerprint density at radius 2 is 1.67 bits per heavy atom. The molecule has 0 saturated heterocycles. The summed E-state index contributed by atoms with van der Waals surface area (Å²) >= 11 is 0. The van der Waals surface area contributed by atoms with E-state index < -0.39 is 14.2 Å². The van der Waals surface area contributed by atoms with E-state index in [2.05, 4.69) is 43.2 Å². The highest BCUT2D eigenvalue weighted by Gasteiger charge is 2.10. The van der Waals surface area contributed by atoms with Gasteiger partial charge in [0.25, 0.3) is 0 Å². The second-order valence-corrected chi connectivity index (χ2v) is 10.3. The number of fused-ring (bicyclic) bond motifs is 1. The number of aliphatic hydroxyl groups excluding tert-OH is 1. The van der Waals surface area contributed by atoms with Gasteiger partial charge in [0.2, 0.25) is 0 Å². The van der Waals surface area contributed by atoms with Gasteiger partial charge in [-0.3, -0.25) is 0 Å². The van der Waals surface area contributed by atoms with Gasteiger partial charge in [0.05, 0.1) is 0 Å². The molecular weight excluding hydrogens is 236 g/mol. The lowest BCUT2D eigenvalue weighted by Crippen LogP contribution is -2.16. The fraction of sp³-hybridized carbons (Fsp3) is 0.250. The van der Waals surface area contributed by atoms with Crippen molar-refractivity contribution in [3.05, 3.63) is 48.0 Å². The van der Waals surface area contributed by atoms with Crippen molar-refractivity contribution in [2.75, 3.05) is 0 Å². The second-order valence-electron chi connectivity index (χ2n) is 5.53. The van der Waals surface area contributed by atoms with Crippen molar-refractivity contribution in [1.29, 1.82) is 0 Å². The van der Waals surface area contributed by atoms with Gasteiger partial charge in [0.15, 0.2) is 0 Å². The minimum atomic E-state index is -1.43. The lowest BCUT2D eigenvalue weighted by Gasteiger charge is -2.08. The highest BCUT2D eigenvalue weighted by atomic mass is 28.3. The van der Waals surface area contributed by atoms with Crippen molar-refractivity contribution in [2.45, 2.75) is 25.7 Å². The van der Waals surface area contributed by atoms with Crippen LogP contribution in [0.15, 0.2) is 42.5 Å². The molecule has 0 radical (unpaired) electrons. The van der Waals surface area contributed by atoms with E-state index in [4.69, 9.17) is 0 Å². The first kappa shape index (κ1) is 12.9. The maximum Gasteiger partial charge on any atom is 0.139 e. The van der Waals surface area contributed by atoms with Crippen LogP contribution in [0, 0.1) is 11.5 Å². The molecule has 2 aromatic rings. The summed E-state index contributed by atoms with van der Waals surface area (Å²) in [5, 5.41) is 12.4. The van der Waals surface area contributed by atoms with E-state index in [0.29, 0.717) is 0 Å². The van der Waals surface area contributed by atoms with Crippen LogP contribution < -0.4 is 0 Å². The molecule has 0 amide bonds. The maximum absolute atomic E-state index is 10.1. The van der Waals surface area contributed by atoms with Crippen molar-refractivity contribution in [3.63, 3.8) is 0 Å². The fourth-order valence-corrected chi connectivity index (χ4v) is 2.32. The van der Waals surface area contributed by atoms with Crippen LogP contribution in [0.3, 0.4) is 0 Å². The van der Waals surface area contributed by atoms with Crippen molar-refractivity contribution >= 4 is 18.8 Å². The number of benzene rings is 2. The van der Waals surface area contributed by atoms with Crippen LogP contribution in [0.4, 0.5) is 0 Å². The van der Waals surface area contributed by atoms with E-state index in [-0.39, 0.29) is 0 Å². The van der Waals surface area contributed by atoms with Crippen molar-refractivity contribution < 1.29 is 5.11 Å². The van der Waals surface area contributed by atoms with Crippen LogP contribution in [-0.2, 0) is 0 Å².